The van der Waals surface area contributed by atoms with Crippen LogP contribution in [-0.2, 0) is 6.42 Å². The maximum absolute atomic E-state index is 5.16. The number of hydrogen-bond donors (Lipinski definition) is 0. The molecule has 0 amide bonds. The summed E-state index contributed by atoms with van der Waals surface area (Å²) in [6.07, 6.45) is 8.79. The highest BCUT2D eigenvalue weighted by atomic mass is 32.1. The van der Waals surface area contributed by atoms with Gasteiger partial charge < -0.3 is 0 Å². The quantitative estimate of drug-likeness (QED) is 0.528. The van der Waals surface area contributed by atoms with E-state index in [-0.39, 0.29) is 0 Å². The van der Waals surface area contributed by atoms with E-state index in [4.69, 9.17) is 4.98 Å². The molecule has 0 bridgehead atoms. The summed E-state index contributed by atoms with van der Waals surface area (Å²) in [6, 6.07) is 13.0. The Bertz CT molecular complexity index is 851. The molecular weight excluding hydrogens is 324 g/mol. The first-order valence-electron chi connectivity index (χ1n) is 9.23. The minimum Gasteiger partial charge on any atom is -0.264 e. The van der Waals surface area contributed by atoms with Crippen molar-refractivity contribution in [2.75, 3.05) is 0 Å². The molecule has 1 aliphatic rings. The van der Waals surface area contributed by atoms with E-state index in [1.807, 2.05) is 23.7 Å². The highest BCUT2D eigenvalue weighted by Gasteiger charge is 2.25. The molecule has 2 nitrogen and oxygen atoms in total. The first-order valence-corrected chi connectivity index (χ1v) is 10.0. The summed E-state index contributed by atoms with van der Waals surface area (Å²) in [6.45, 7) is 4.48. The summed E-state index contributed by atoms with van der Waals surface area (Å²) in [4.78, 5) is 11.0. The van der Waals surface area contributed by atoms with Crippen LogP contribution < -0.4 is 0 Å². The van der Waals surface area contributed by atoms with E-state index < -0.39 is 0 Å². The smallest absolute Gasteiger partial charge is 0.125 e. The van der Waals surface area contributed by atoms with Crippen molar-refractivity contribution in [3.05, 3.63) is 70.5 Å². The Balaban J connectivity index is 1.80. The average Bonchev–Trinajstić information content (AvgIpc) is 2.96. The van der Waals surface area contributed by atoms with Crippen LogP contribution in [0.25, 0.3) is 10.6 Å². The van der Waals surface area contributed by atoms with Crippen LogP contribution in [0, 0.1) is 0 Å². The van der Waals surface area contributed by atoms with Gasteiger partial charge in [0.05, 0.1) is 5.69 Å². The number of thiazole rings is 1. The molecule has 1 aliphatic carbocycles. The van der Waals surface area contributed by atoms with Gasteiger partial charge in [0.2, 0.25) is 0 Å². The Kier molecular flexibility index (Phi) is 4.67. The van der Waals surface area contributed by atoms with Crippen molar-refractivity contribution < 1.29 is 0 Å². The molecule has 3 aromatic rings. The number of fused-ring (bicyclic) bond motifs is 1. The fourth-order valence-corrected chi connectivity index (χ4v) is 4.99. The Morgan fingerprint density at radius 1 is 1.08 bits per heavy atom. The van der Waals surface area contributed by atoms with E-state index in [9.17, 15) is 0 Å². The van der Waals surface area contributed by atoms with Gasteiger partial charge in [0.15, 0.2) is 0 Å². The highest BCUT2D eigenvalue weighted by molar-refractivity contribution is 7.15. The lowest BCUT2D eigenvalue weighted by Crippen LogP contribution is -2.02. The summed E-state index contributed by atoms with van der Waals surface area (Å²) in [7, 11) is 0. The monoisotopic (exact) mass is 348 g/mol. The summed E-state index contributed by atoms with van der Waals surface area (Å²) < 4.78 is 0. The predicted octanol–water partition coefficient (Wildman–Crippen LogP) is 6.19. The van der Waals surface area contributed by atoms with Crippen LogP contribution >= 0.6 is 11.3 Å². The maximum atomic E-state index is 5.16. The molecule has 1 unspecified atom stereocenters. The molecule has 0 saturated carbocycles. The molecule has 0 spiro atoms. The van der Waals surface area contributed by atoms with Crippen molar-refractivity contribution in [1.29, 1.82) is 0 Å². The predicted molar refractivity (Wildman–Crippen MR) is 105 cm³/mol. The fourth-order valence-electron chi connectivity index (χ4n) is 3.80. The second-order valence-corrected chi connectivity index (χ2v) is 8.24. The van der Waals surface area contributed by atoms with Crippen molar-refractivity contribution in [1.82, 2.24) is 9.97 Å². The second kappa shape index (κ2) is 7.09. The normalized spacial score (nSPS) is 17.3. The van der Waals surface area contributed by atoms with Crippen LogP contribution in [0.5, 0.6) is 0 Å². The van der Waals surface area contributed by atoms with Crippen molar-refractivity contribution in [2.24, 2.45) is 0 Å². The van der Waals surface area contributed by atoms with E-state index >= 15 is 0 Å². The van der Waals surface area contributed by atoms with Gasteiger partial charge in [-0.2, -0.15) is 0 Å². The Hall–Kier alpha value is -2.00. The molecule has 2 heterocycles. The summed E-state index contributed by atoms with van der Waals surface area (Å²) in [5.74, 6) is 0.912. The van der Waals surface area contributed by atoms with Gasteiger partial charge in [-0.1, -0.05) is 50.6 Å². The third kappa shape index (κ3) is 3.25. The Labute approximate surface area is 154 Å². The molecule has 4 rings (SSSR count). The number of rotatable bonds is 3. The van der Waals surface area contributed by atoms with E-state index in [0.29, 0.717) is 11.8 Å². The minimum atomic E-state index is 0.433. The van der Waals surface area contributed by atoms with Gasteiger partial charge in [0.1, 0.15) is 5.01 Å². The number of nitrogens with zero attached hydrogens (tertiary/aromatic N) is 2. The molecule has 0 radical (unpaired) electrons. The molecule has 0 fully saturated rings. The van der Waals surface area contributed by atoms with E-state index in [0.717, 1.165) is 11.4 Å². The fraction of sp³-hybridized carbons (Fsp3) is 0.364. The zero-order chi connectivity index (χ0) is 17.2. The minimum absolute atomic E-state index is 0.433. The molecular formula is C22H24N2S. The second-order valence-electron chi connectivity index (χ2n) is 7.15. The molecule has 1 atom stereocenters. The summed E-state index contributed by atoms with van der Waals surface area (Å²) in [5, 5.41) is 1.14. The zero-order valence-electron chi connectivity index (χ0n) is 14.9. The maximum Gasteiger partial charge on any atom is 0.125 e. The summed E-state index contributed by atoms with van der Waals surface area (Å²) in [5.41, 5.74) is 5.26. The van der Waals surface area contributed by atoms with Crippen molar-refractivity contribution >= 4 is 11.3 Å². The SMILES string of the molecule is CC(C)c1ccncc1-c1nc2c(s1)CCCCC2c1ccccc1. The molecule has 0 aliphatic heterocycles. The molecule has 128 valence electrons. The number of pyridine rings is 1. The number of aryl methyl sites for hydroxylation is 1. The lowest BCUT2D eigenvalue weighted by molar-refractivity contribution is 0.651. The van der Waals surface area contributed by atoms with Crippen LogP contribution in [0.1, 0.15) is 66.6 Å². The molecule has 25 heavy (non-hydrogen) atoms. The average molecular weight is 349 g/mol. The molecule has 1 aromatic carbocycles. The van der Waals surface area contributed by atoms with E-state index in [1.54, 1.807) is 0 Å². The molecule has 3 heteroatoms. The van der Waals surface area contributed by atoms with Crippen LogP contribution in [0.2, 0.25) is 0 Å². The van der Waals surface area contributed by atoms with Crippen LogP contribution in [0.15, 0.2) is 48.8 Å². The van der Waals surface area contributed by atoms with Crippen LogP contribution in [0.3, 0.4) is 0 Å². The number of aromatic nitrogens is 2. The lowest BCUT2D eigenvalue weighted by Gasteiger charge is -2.14. The highest BCUT2D eigenvalue weighted by Crippen LogP contribution is 2.41. The molecule has 0 saturated heterocycles. The standard InChI is InChI=1S/C22H24N2S/c1-15(2)17-12-13-23-14-19(17)22-24-21-18(16-8-4-3-5-9-16)10-6-7-11-20(21)25-22/h3-5,8-9,12-15,18H,6-7,10-11H2,1-2H3. The number of hydrogen-bond acceptors (Lipinski definition) is 3. The van der Waals surface area contributed by atoms with Crippen LogP contribution in [0.4, 0.5) is 0 Å². The van der Waals surface area contributed by atoms with Gasteiger partial charge in [0, 0.05) is 28.8 Å². The zero-order valence-corrected chi connectivity index (χ0v) is 15.7. The first kappa shape index (κ1) is 16.5. The number of benzene rings is 1. The van der Waals surface area contributed by atoms with Gasteiger partial charge in [-0.3, -0.25) is 4.98 Å². The van der Waals surface area contributed by atoms with E-state index in [2.05, 4.69) is 55.2 Å². The van der Waals surface area contributed by atoms with Crippen LogP contribution in [-0.4, -0.2) is 9.97 Å². The van der Waals surface area contributed by atoms with Gasteiger partial charge in [0.25, 0.3) is 0 Å². The van der Waals surface area contributed by atoms with Crippen molar-refractivity contribution in [3.8, 4) is 10.6 Å². The summed E-state index contributed by atoms with van der Waals surface area (Å²) >= 11 is 1.88. The molecule has 2 aromatic heterocycles. The van der Waals surface area contributed by atoms with Crippen molar-refractivity contribution in [2.45, 2.75) is 51.4 Å². The van der Waals surface area contributed by atoms with E-state index in [1.165, 1.54) is 46.5 Å². The largest absolute Gasteiger partial charge is 0.264 e. The third-order valence-corrected chi connectivity index (χ3v) is 6.28. The van der Waals surface area contributed by atoms with Gasteiger partial charge >= 0.3 is 0 Å². The Morgan fingerprint density at radius 2 is 1.92 bits per heavy atom. The van der Waals surface area contributed by atoms with Gasteiger partial charge in [-0.25, -0.2) is 4.98 Å². The van der Waals surface area contributed by atoms with Crippen molar-refractivity contribution in [3.63, 3.8) is 0 Å². The Morgan fingerprint density at radius 3 is 2.72 bits per heavy atom. The third-order valence-electron chi connectivity index (χ3n) is 5.11. The topological polar surface area (TPSA) is 25.8 Å². The van der Waals surface area contributed by atoms with Gasteiger partial charge in [-0.15, -0.1) is 11.3 Å². The first-order chi connectivity index (χ1) is 12.2. The molecule has 0 N–H and O–H groups in total. The van der Waals surface area contributed by atoms with Gasteiger partial charge in [-0.05, 0) is 42.4 Å². The lowest BCUT2D eigenvalue weighted by atomic mass is 9.92.